The van der Waals surface area contributed by atoms with Crippen molar-refractivity contribution in [1.82, 2.24) is 4.72 Å². The van der Waals surface area contributed by atoms with Gasteiger partial charge in [-0.1, -0.05) is 6.92 Å². The van der Waals surface area contributed by atoms with E-state index in [1.165, 1.54) is 12.1 Å². The maximum atomic E-state index is 11.8. The van der Waals surface area contributed by atoms with Gasteiger partial charge in [0.2, 0.25) is 10.0 Å². The molecule has 1 aromatic rings. The molecule has 16 heavy (non-hydrogen) atoms. The van der Waals surface area contributed by atoms with Gasteiger partial charge in [0.25, 0.3) is 0 Å². The average Bonchev–Trinajstić information content (AvgIpc) is 2.28. The summed E-state index contributed by atoms with van der Waals surface area (Å²) in [5.41, 5.74) is 0. The molecule has 4 nitrogen and oxygen atoms in total. The summed E-state index contributed by atoms with van der Waals surface area (Å²) >= 11 is 0. The van der Waals surface area contributed by atoms with E-state index in [1.807, 2.05) is 13.8 Å². The molecule has 0 saturated carbocycles. The second-order valence-electron chi connectivity index (χ2n) is 3.61. The quantitative estimate of drug-likeness (QED) is 0.857. The van der Waals surface area contributed by atoms with Crippen molar-refractivity contribution in [3.05, 3.63) is 24.3 Å². The Kier molecular flexibility index (Phi) is 4.32. The van der Waals surface area contributed by atoms with Gasteiger partial charge in [-0.3, -0.25) is 0 Å². The highest BCUT2D eigenvalue weighted by atomic mass is 32.2. The number of benzene rings is 1. The smallest absolute Gasteiger partial charge is 0.240 e. The van der Waals surface area contributed by atoms with Gasteiger partial charge in [0, 0.05) is 6.04 Å². The minimum atomic E-state index is -3.40. The maximum absolute atomic E-state index is 11.8. The Bertz CT molecular complexity index is 425. The largest absolute Gasteiger partial charge is 0.497 e. The molecule has 0 aliphatic rings. The zero-order chi connectivity index (χ0) is 12.2. The van der Waals surface area contributed by atoms with Crippen molar-refractivity contribution in [1.29, 1.82) is 0 Å². The summed E-state index contributed by atoms with van der Waals surface area (Å²) in [6.45, 7) is 3.77. The lowest BCUT2D eigenvalue weighted by atomic mass is 10.3. The van der Waals surface area contributed by atoms with E-state index >= 15 is 0 Å². The van der Waals surface area contributed by atoms with Crippen molar-refractivity contribution in [3.63, 3.8) is 0 Å². The molecule has 0 spiro atoms. The van der Waals surface area contributed by atoms with Gasteiger partial charge in [0.1, 0.15) is 5.75 Å². The highest BCUT2D eigenvalue weighted by Gasteiger charge is 2.15. The molecular weight excluding hydrogens is 226 g/mol. The Morgan fingerprint density at radius 3 is 2.31 bits per heavy atom. The number of hydrogen-bond acceptors (Lipinski definition) is 3. The van der Waals surface area contributed by atoms with Crippen LogP contribution in [0.15, 0.2) is 29.2 Å². The Balaban J connectivity index is 2.90. The number of sulfonamides is 1. The van der Waals surface area contributed by atoms with Gasteiger partial charge in [-0.05, 0) is 37.6 Å². The highest BCUT2D eigenvalue weighted by molar-refractivity contribution is 7.89. The predicted octanol–water partition coefficient (Wildman–Crippen LogP) is 1.77. The Labute approximate surface area is 96.7 Å². The molecule has 1 rings (SSSR count). The van der Waals surface area contributed by atoms with Crippen molar-refractivity contribution in [2.24, 2.45) is 0 Å². The van der Waals surface area contributed by atoms with Gasteiger partial charge >= 0.3 is 0 Å². The third-order valence-corrected chi connectivity index (χ3v) is 3.94. The van der Waals surface area contributed by atoms with Crippen molar-refractivity contribution in [3.8, 4) is 5.75 Å². The van der Waals surface area contributed by atoms with Gasteiger partial charge in [0.05, 0.1) is 12.0 Å². The zero-order valence-corrected chi connectivity index (χ0v) is 10.5. The molecule has 0 bridgehead atoms. The molecule has 0 saturated heterocycles. The van der Waals surface area contributed by atoms with E-state index in [-0.39, 0.29) is 10.9 Å². The zero-order valence-electron chi connectivity index (χ0n) is 9.73. The summed E-state index contributed by atoms with van der Waals surface area (Å²) in [5, 5.41) is 0. The lowest BCUT2D eigenvalue weighted by Crippen LogP contribution is -2.31. The van der Waals surface area contributed by atoms with Crippen LogP contribution in [0.1, 0.15) is 20.3 Å². The van der Waals surface area contributed by atoms with Crippen LogP contribution in [0, 0.1) is 0 Å². The molecule has 0 fully saturated rings. The number of rotatable bonds is 5. The lowest BCUT2D eigenvalue weighted by molar-refractivity contribution is 0.414. The third kappa shape index (κ3) is 3.21. The van der Waals surface area contributed by atoms with Crippen LogP contribution in [-0.4, -0.2) is 21.6 Å². The minimum absolute atomic E-state index is 0.0629. The predicted molar refractivity (Wildman–Crippen MR) is 63.1 cm³/mol. The van der Waals surface area contributed by atoms with Crippen molar-refractivity contribution in [2.45, 2.75) is 31.2 Å². The Morgan fingerprint density at radius 1 is 1.31 bits per heavy atom. The van der Waals surface area contributed by atoms with Gasteiger partial charge < -0.3 is 4.74 Å². The molecule has 0 aliphatic carbocycles. The topological polar surface area (TPSA) is 55.4 Å². The molecule has 1 aromatic carbocycles. The standard InChI is InChI=1S/C11H17NO3S/c1-4-9(2)12-16(13,14)11-7-5-10(15-3)6-8-11/h5-9,12H,4H2,1-3H3/t9-/m1/s1. The third-order valence-electron chi connectivity index (χ3n) is 2.34. The molecule has 1 N–H and O–H groups in total. The van der Waals surface area contributed by atoms with Crippen LogP contribution < -0.4 is 9.46 Å². The van der Waals surface area contributed by atoms with Crippen molar-refractivity contribution in [2.75, 3.05) is 7.11 Å². The van der Waals surface area contributed by atoms with Crippen LogP contribution in [0.5, 0.6) is 5.75 Å². The molecule has 5 heteroatoms. The van der Waals surface area contributed by atoms with Crippen LogP contribution in [0.2, 0.25) is 0 Å². The van der Waals surface area contributed by atoms with Crippen LogP contribution in [0.25, 0.3) is 0 Å². The first-order valence-electron chi connectivity index (χ1n) is 5.16. The van der Waals surface area contributed by atoms with E-state index in [0.29, 0.717) is 5.75 Å². The van der Waals surface area contributed by atoms with E-state index in [0.717, 1.165) is 6.42 Å². The summed E-state index contributed by atoms with van der Waals surface area (Å²) in [4.78, 5) is 0.258. The fourth-order valence-electron chi connectivity index (χ4n) is 1.17. The summed E-state index contributed by atoms with van der Waals surface area (Å²) < 4.78 is 31.3. The molecule has 0 aromatic heterocycles. The number of methoxy groups -OCH3 is 1. The molecule has 0 unspecified atom stereocenters. The summed E-state index contributed by atoms with van der Waals surface area (Å²) in [6.07, 6.45) is 0.759. The summed E-state index contributed by atoms with van der Waals surface area (Å²) in [5.74, 6) is 0.641. The molecule has 0 aliphatic heterocycles. The van der Waals surface area contributed by atoms with E-state index in [1.54, 1.807) is 19.2 Å². The van der Waals surface area contributed by atoms with Gasteiger partial charge in [0.15, 0.2) is 0 Å². The van der Waals surface area contributed by atoms with E-state index in [4.69, 9.17) is 4.74 Å². The minimum Gasteiger partial charge on any atom is -0.497 e. The number of nitrogens with one attached hydrogen (secondary N) is 1. The molecule has 0 heterocycles. The first-order valence-corrected chi connectivity index (χ1v) is 6.64. The first kappa shape index (κ1) is 13.0. The molecule has 0 amide bonds. The molecular formula is C11H17NO3S. The number of hydrogen-bond donors (Lipinski definition) is 1. The SMILES string of the molecule is CC[C@@H](C)NS(=O)(=O)c1ccc(OC)cc1. The molecule has 90 valence electrons. The van der Waals surface area contributed by atoms with E-state index in [9.17, 15) is 8.42 Å². The van der Waals surface area contributed by atoms with Gasteiger partial charge in [-0.2, -0.15) is 0 Å². The normalized spacial score (nSPS) is 13.4. The van der Waals surface area contributed by atoms with Crippen molar-refractivity contribution < 1.29 is 13.2 Å². The van der Waals surface area contributed by atoms with Gasteiger partial charge in [-0.15, -0.1) is 0 Å². The first-order chi connectivity index (χ1) is 7.49. The molecule has 0 radical (unpaired) electrons. The summed E-state index contributed by atoms with van der Waals surface area (Å²) in [7, 11) is -1.86. The average molecular weight is 243 g/mol. The van der Waals surface area contributed by atoms with Crippen LogP contribution in [0.4, 0.5) is 0 Å². The fourth-order valence-corrected chi connectivity index (χ4v) is 2.50. The van der Waals surface area contributed by atoms with E-state index in [2.05, 4.69) is 4.72 Å². The van der Waals surface area contributed by atoms with Crippen LogP contribution >= 0.6 is 0 Å². The van der Waals surface area contributed by atoms with Crippen LogP contribution in [-0.2, 0) is 10.0 Å². The van der Waals surface area contributed by atoms with Crippen LogP contribution in [0.3, 0.4) is 0 Å². The second-order valence-corrected chi connectivity index (χ2v) is 5.32. The summed E-state index contributed by atoms with van der Waals surface area (Å²) in [6, 6.07) is 6.26. The highest BCUT2D eigenvalue weighted by Crippen LogP contribution is 2.15. The second kappa shape index (κ2) is 5.32. The Hall–Kier alpha value is -1.07. The van der Waals surface area contributed by atoms with Gasteiger partial charge in [-0.25, -0.2) is 13.1 Å². The maximum Gasteiger partial charge on any atom is 0.240 e. The molecule has 1 atom stereocenters. The Morgan fingerprint density at radius 2 is 1.88 bits per heavy atom. The number of ether oxygens (including phenoxy) is 1. The van der Waals surface area contributed by atoms with E-state index < -0.39 is 10.0 Å². The fraction of sp³-hybridized carbons (Fsp3) is 0.455. The lowest BCUT2D eigenvalue weighted by Gasteiger charge is -2.12. The monoisotopic (exact) mass is 243 g/mol. The van der Waals surface area contributed by atoms with Crippen molar-refractivity contribution >= 4 is 10.0 Å².